The normalized spacial score (nSPS) is 20.7. The summed E-state index contributed by atoms with van der Waals surface area (Å²) in [5.41, 5.74) is 0.287. The molecule has 0 aromatic heterocycles. The third-order valence-electron chi connectivity index (χ3n) is 3.23. The van der Waals surface area contributed by atoms with Gasteiger partial charge in [-0.15, -0.1) is 0 Å². The lowest BCUT2D eigenvalue weighted by Gasteiger charge is -2.19. The number of carbonyl (C=O) groups is 1. The van der Waals surface area contributed by atoms with Crippen molar-refractivity contribution >= 4 is 21.8 Å². The van der Waals surface area contributed by atoms with E-state index in [0.29, 0.717) is 12.5 Å². The highest BCUT2D eigenvalue weighted by molar-refractivity contribution is 9.10. The number of amides is 1. The van der Waals surface area contributed by atoms with Crippen LogP contribution in [0.2, 0.25) is 0 Å². The maximum absolute atomic E-state index is 12.1. The molecule has 98 valence electrons. The Balaban J connectivity index is 2.04. The molecule has 0 spiro atoms. The van der Waals surface area contributed by atoms with Gasteiger partial charge in [-0.2, -0.15) is 0 Å². The van der Waals surface area contributed by atoms with Crippen molar-refractivity contribution in [1.29, 1.82) is 0 Å². The Labute approximate surface area is 114 Å². The van der Waals surface area contributed by atoms with E-state index >= 15 is 0 Å². The van der Waals surface area contributed by atoms with Crippen molar-refractivity contribution in [3.8, 4) is 5.75 Å². The van der Waals surface area contributed by atoms with E-state index in [1.165, 1.54) is 6.07 Å². The van der Waals surface area contributed by atoms with E-state index in [1.807, 2.05) is 6.92 Å². The van der Waals surface area contributed by atoms with Gasteiger partial charge in [-0.3, -0.25) is 4.79 Å². The van der Waals surface area contributed by atoms with Crippen LogP contribution in [0, 0.1) is 5.92 Å². The average molecular weight is 314 g/mol. The summed E-state index contributed by atoms with van der Waals surface area (Å²) < 4.78 is 6.07. The Morgan fingerprint density at radius 2 is 2.39 bits per heavy atom. The number of rotatable bonds is 3. The molecule has 1 fully saturated rings. The van der Waals surface area contributed by atoms with Crippen molar-refractivity contribution in [1.82, 2.24) is 5.32 Å². The largest absolute Gasteiger partial charge is 0.507 e. The lowest BCUT2D eigenvalue weighted by atomic mass is 10.0. The molecule has 4 nitrogen and oxygen atoms in total. The molecule has 0 radical (unpaired) electrons. The molecule has 0 saturated carbocycles. The zero-order valence-electron chi connectivity index (χ0n) is 10.1. The van der Waals surface area contributed by atoms with Crippen molar-refractivity contribution in [3.05, 3.63) is 28.2 Å². The predicted octanol–water partition coefficient (Wildman–Crippen LogP) is 2.31. The molecule has 2 atom stereocenters. The maximum Gasteiger partial charge on any atom is 0.255 e. The number of phenolic OH excluding ortho intramolecular Hbond substituents is 1. The first kappa shape index (κ1) is 13.4. The number of nitrogens with one attached hydrogen (secondary N) is 1. The zero-order valence-corrected chi connectivity index (χ0v) is 11.7. The van der Waals surface area contributed by atoms with Gasteiger partial charge in [-0.05, 0) is 31.5 Å². The quantitative estimate of drug-likeness (QED) is 0.900. The minimum atomic E-state index is -0.256. The smallest absolute Gasteiger partial charge is 0.255 e. The van der Waals surface area contributed by atoms with Crippen LogP contribution in [-0.2, 0) is 4.74 Å². The van der Waals surface area contributed by atoms with E-state index in [4.69, 9.17) is 4.74 Å². The molecule has 2 unspecified atom stereocenters. The number of halogens is 1. The van der Waals surface area contributed by atoms with Gasteiger partial charge in [0, 0.05) is 23.0 Å². The first-order chi connectivity index (χ1) is 8.58. The van der Waals surface area contributed by atoms with Gasteiger partial charge in [0.15, 0.2) is 0 Å². The van der Waals surface area contributed by atoms with Crippen molar-refractivity contribution in [2.75, 3.05) is 13.2 Å². The van der Waals surface area contributed by atoms with Crippen molar-refractivity contribution in [2.24, 2.45) is 5.92 Å². The van der Waals surface area contributed by atoms with Crippen LogP contribution < -0.4 is 5.32 Å². The lowest BCUT2D eigenvalue weighted by molar-refractivity contribution is 0.0919. The molecule has 18 heavy (non-hydrogen) atoms. The molecular formula is C13H16BrNO3. The van der Waals surface area contributed by atoms with Crippen LogP contribution in [0.1, 0.15) is 23.7 Å². The Morgan fingerprint density at radius 3 is 3.06 bits per heavy atom. The summed E-state index contributed by atoms with van der Waals surface area (Å²) in [4.78, 5) is 12.1. The van der Waals surface area contributed by atoms with Crippen LogP contribution in [0.3, 0.4) is 0 Å². The van der Waals surface area contributed by atoms with Gasteiger partial charge < -0.3 is 15.2 Å². The molecule has 2 rings (SSSR count). The summed E-state index contributed by atoms with van der Waals surface area (Å²) in [5.74, 6) is 0.0852. The van der Waals surface area contributed by atoms with Gasteiger partial charge in [0.05, 0.1) is 12.2 Å². The number of carbonyl (C=O) groups excluding carboxylic acids is 1. The van der Waals surface area contributed by atoms with Crippen LogP contribution in [0.5, 0.6) is 5.75 Å². The van der Waals surface area contributed by atoms with Gasteiger partial charge >= 0.3 is 0 Å². The second-order valence-corrected chi connectivity index (χ2v) is 5.46. The summed E-state index contributed by atoms with van der Waals surface area (Å²) in [7, 11) is 0. The highest BCUT2D eigenvalue weighted by Gasteiger charge is 2.24. The Kier molecular flexibility index (Phi) is 4.24. The molecule has 1 heterocycles. The highest BCUT2D eigenvalue weighted by atomic mass is 79.9. The lowest BCUT2D eigenvalue weighted by Crippen LogP contribution is -2.38. The Morgan fingerprint density at radius 1 is 1.61 bits per heavy atom. The molecular weight excluding hydrogens is 298 g/mol. The third-order valence-corrected chi connectivity index (χ3v) is 3.73. The molecule has 1 aromatic rings. The fraction of sp³-hybridized carbons (Fsp3) is 0.462. The topological polar surface area (TPSA) is 58.6 Å². The maximum atomic E-state index is 12.1. The van der Waals surface area contributed by atoms with Gasteiger partial charge in [0.1, 0.15) is 5.75 Å². The van der Waals surface area contributed by atoms with Crippen LogP contribution in [-0.4, -0.2) is 30.3 Å². The fourth-order valence-electron chi connectivity index (χ4n) is 2.04. The van der Waals surface area contributed by atoms with E-state index in [9.17, 15) is 9.90 Å². The van der Waals surface area contributed by atoms with Gasteiger partial charge in [-0.25, -0.2) is 0 Å². The summed E-state index contributed by atoms with van der Waals surface area (Å²) in [6.45, 7) is 3.41. The Bertz CT molecular complexity index is 444. The summed E-state index contributed by atoms with van der Waals surface area (Å²) in [5, 5.41) is 12.6. The minimum absolute atomic E-state index is 0.00873. The molecule has 1 aliphatic rings. The van der Waals surface area contributed by atoms with Crippen molar-refractivity contribution in [3.63, 3.8) is 0 Å². The first-order valence-electron chi connectivity index (χ1n) is 5.95. The molecule has 0 aliphatic carbocycles. The number of benzene rings is 1. The van der Waals surface area contributed by atoms with Crippen LogP contribution in [0.25, 0.3) is 0 Å². The molecule has 1 aliphatic heterocycles. The number of hydrogen-bond donors (Lipinski definition) is 2. The third kappa shape index (κ3) is 3.03. The Hall–Kier alpha value is -1.07. The van der Waals surface area contributed by atoms with Gasteiger partial charge in [0.2, 0.25) is 0 Å². The SMILES string of the molecule is CC(NC(=O)c1cc(Br)ccc1O)C1CCOC1. The zero-order chi connectivity index (χ0) is 13.1. The minimum Gasteiger partial charge on any atom is -0.507 e. The fourth-order valence-corrected chi connectivity index (χ4v) is 2.40. The monoisotopic (exact) mass is 313 g/mol. The van der Waals surface area contributed by atoms with Crippen molar-refractivity contribution in [2.45, 2.75) is 19.4 Å². The molecule has 2 N–H and O–H groups in total. The van der Waals surface area contributed by atoms with E-state index in [2.05, 4.69) is 21.2 Å². The van der Waals surface area contributed by atoms with E-state index < -0.39 is 0 Å². The second kappa shape index (κ2) is 5.71. The number of phenols is 1. The number of aromatic hydroxyl groups is 1. The predicted molar refractivity (Wildman–Crippen MR) is 71.7 cm³/mol. The van der Waals surface area contributed by atoms with Crippen molar-refractivity contribution < 1.29 is 14.6 Å². The molecule has 5 heteroatoms. The average Bonchev–Trinajstić information content (AvgIpc) is 2.85. The summed E-state index contributed by atoms with van der Waals surface area (Å²) in [6.07, 6.45) is 0.964. The standard InChI is InChI=1S/C13H16BrNO3/c1-8(9-4-5-18-7-9)15-13(17)11-6-10(14)2-3-12(11)16/h2-3,6,8-9,16H,4-5,7H2,1H3,(H,15,17). The van der Waals surface area contributed by atoms with Crippen LogP contribution >= 0.6 is 15.9 Å². The van der Waals surface area contributed by atoms with Crippen LogP contribution in [0.15, 0.2) is 22.7 Å². The molecule has 0 bridgehead atoms. The van der Waals surface area contributed by atoms with Crippen LogP contribution in [0.4, 0.5) is 0 Å². The summed E-state index contributed by atoms with van der Waals surface area (Å²) >= 11 is 3.29. The van der Waals surface area contributed by atoms with Gasteiger partial charge in [0.25, 0.3) is 5.91 Å². The molecule has 1 amide bonds. The highest BCUT2D eigenvalue weighted by Crippen LogP contribution is 2.23. The van der Waals surface area contributed by atoms with E-state index in [0.717, 1.165) is 17.5 Å². The number of ether oxygens (including phenoxy) is 1. The number of hydrogen-bond acceptors (Lipinski definition) is 3. The second-order valence-electron chi connectivity index (χ2n) is 4.55. The van der Waals surface area contributed by atoms with E-state index in [1.54, 1.807) is 12.1 Å². The van der Waals surface area contributed by atoms with E-state index in [-0.39, 0.29) is 23.3 Å². The first-order valence-corrected chi connectivity index (χ1v) is 6.74. The summed E-state index contributed by atoms with van der Waals surface area (Å²) in [6, 6.07) is 4.85. The van der Waals surface area contributed by atoms with Gasteiger partial charge in [-0.1, -0.05) is 15.9 Å². The molecule has 1 aromatic carbocycles. The molecule has 1 saturated heterocycles.